The van der Waals surface area contributed by atoms with Crippen molar-refractivity contribution < 1.29 is 19.4 Å². The first-order chi connectivity index (χ1) is 9.61. The van der Waals surface area contributed by atoms with E-state index in [1.54, 1.807) is 30.5 Å². The van der Waals surface area contributed by atoms with Crippen LogP contribution in [-0.4, -0.2) is 35.7 Å². The number of ether oxygens (including phenoxy) is 1. The summed E-state index contributed by atoms with van der Waals surface area (Å²) in [5.74, 6) is -0.671. The molecule has 0 amide bonds. The van der Waals surface area contributed by atoms with Gasteiger partial charge in [0.2, 0.25) is 0 Å². The van der Waals surface area contributed by atoms with Crippen molar-refractivity contribution in [2.75, 3.05) is 19.0 Å². The maximum atomic E-state index is 11.5. The molecule has 2 N–H and O–H groups in total. The number of aliphatic carboxylic acids is 1. The van der Waals surface area contributed by atoms with Crippen molar-refractivity contribution in [1.82, 2.24) is 4.98 Å². The predicted molar refractivity (Wildman–Crippen MR) is 73.8 cm³/mol. The highest BCUT2D eigenvalue weighted by Gasteiger charge is 2.08. The van der Waals surface area contributed by atoms with Gasteiger partial charge in [0.05, 0.1) is 19.1 Å². The third-order valence-corrected chi connectivity index (χ3v) is 2.82. The van der Waals surface area contributed by atoms with Gasteiger partial charge in [-0.05, 0) is 29.7 Å². The fourth-order valence-electron chi connectivity index (χ4n) is 1.85. The lowest BCUT2D eigenvalue weighted by atomic mass is 10.1. The van der Waals surface area contributed by atoms with Crippen LogP contribution in [-0.2, 0) is 9.53 Å². The van der Waals surface area contributed by atoms with Crippen molar-refractivity contribution in [2.45, 2.75) is 6.42 Å². The molecule has 0 atom stereocenters. The highest BCUT2D eigenvalue weighted by molar-refractivity contribution is 5.98. The Morgan fingerprint density at radius 2 is 2.15 bits per heavy atom. The molecule has 20 heavy (non-hydrogen) atoms. The molecule has 0 aliphatic rings. The number of carbonyl (C=O) groups is 2. The Kier molecular flexibility index (Phi) is 4.14. The molecule has 0 spiro atoms. The van der Waals surface area contributed by atoms with Crippen LogP contribution in [0.3, 0.4) is 0 Å². The zero-order valence-corrected chi connectivity index (χ0v) is 10.9. The van der Waals surface area contributed by atoms with Gasteiger partial charge < -0.3 is 15.2 Å². The molecule has 0 unspecified atom stereocenters. The Labute approximate surface area is 115 Å². The van der Waals surface area contributed by atoms with Crippen LogP contribution < -0.4 is 5.32 Å². The second-order valence-electron chi connectivity index (χ2n) is 4.16. The minimum Gasteiger partial charge on any atom is -0.481 e. The normalized spacial score (nSPS) is 10.2. The summed E-state index contributed by atoms with van der Waals surface area (Å²) in [4.78, 5) is 26.1. The Balaban J connectivity index is 2.28. The van der Waals surface area contributed by atoms with E-state index < -0.39 is 11.9 Å². The van der Waals surface area contributed by atoms with Gasteiger partial charge in [-0.2, -0.15) is 0 Å². The average Bonchev–Trinajstić information content (AvgIpc) is 2.45. The quantitative estimate of drug-likeness (QED) is 0.810. The van der Waals surface area contributed by atoms with Crippen molar-refractivity contribution in [2.24, 2.45) is 0 Å². The van der Waals surface area contributed by atoms with E-state index in [2.05, 4.69) is 15.0 Å². The number of carbonyl (C=O) groups excluding carboxylic acids is 1. The summed E-state index contributed by atoms with van der Waals surface area (Å²) in [7, 11) is 1.33. The van der Waals surface area contributed by atoms with Crippen LogP contribution in [0.15, 0.2) is 30.5 Å². The Hall–Kier alpha value is -2.63. The highest BCUT2D eigenvalue weighted by atomic mass is 16.5. The molecular weight excluding hydrogens is 260 g/mol. The number of anilines is 1. The van der Waals surface area contributed by atoms with Gasteiger partial charge in [-0.15, -0.1) is 0 Å². The molecule has 0 bridgehead atoms. The van der Waals surface area contributed by atoms with Crippen molar-refractivity contribution in [1.29, 1.82) is 0 Å². The molecule has 2 aromatic rings. The zero-order valence-electron chi connectivity index (χ0n) is 10.9. The minimum absolute atomic E-state index is 0.0122. The van der Waals surface area contributed by atoms with Crippen LogP contribution in [0.2, 0.25) is 0 Å². The molecule has 2 rings (SSSR count). The summed E-state index contributed by atoms with van der Waals surface area (Å²) >= 11 is 0. The van der Waals surface area contributed by atoms with Gasteiger partial charge in [0.1, 0.15) is 5.82 Å². The number of nitrogens with zero attached hydrogens (tertiary/aromatic N) is 1. The highest BCUT2D eigenvalue weighted by Crippen LogP contribution is 2.22. The number of fused-ring (bicyclic) bond motifs is 1. The number of carboxylic acid groups (broad SMARTS) is 1. The fraction of sp³-hybridized carbons (Fsp3) is 0.214. The molecule has 1 aromatic heterocycles. The van der Waals surface area contributed by atoms with Crippen LogP contribution in [0.4, 0.5) is 5.82 Å². The fourth-order valence-corrected chi connectivity index (χ4v) is 1.85. The third-order valence-electron chi connectivity index (χ3n) is 2.82. The largest absolute Gasteiger partial charge is 0.481 e. The van der Waals surface area contributed by atoms with Crippen molar-refractivity contribution in [3.8, 4) is 0 Å². The summed E-state index contributed by atoms with van der Waals surface area (Å²) in [6, 6.07) is 6.91. The first kappa shape index (κ1) is 13.8. The Morgan fingerprint density at radius 3 is 2.85 bits per heavy atom. The van der Waals surface area contributed by atoms with Crippen LogP contribution in [0.25, 0.3) is 10.8 Å². The number of benzene rings is 1. The van der Waals surface area contributed by atoms with Gasteiger partial charge in [-0.1, -0.05) is 0 Å². The van der Waals surface area contributed by atoms with Gasteiger partial charge in [-0.25, -0.2) is 9.78 Å². The number of nitrogens with one attached hydrogen (secondary N) is 1. The van der Waals surface area contributed by atoms with Gasteiger partial charge >= 0.3 is 11.9 Å². The SMILES string of the molecule is COC(=O)c1ccc2c(NCCC(=O)O)nccc2c1. The number of hydrogen-bond donors (Lipinski definition) is 2. The van der Waals surface area contributed by atoms with Crippen LogP contribution in [0.1, 0.15) is 16.8 Å². The lowest BCUT2D eigenvalue weighted by Gasteiger charge is -2.08. The Morgan fingerprint density at radius 1 is 1.35 bits per heavy atom. The van der Waals surface area contributed by atoms with Crippen molar-refractivity contribution >= 4 is 28.5 Å². The maximum Gasteiger partial charge on any atom is 0.337 e. The molecule has 0 aliphatic heterocycles. The lowest BCUT2D eigenvalue weighted by Crippen LogP contribution is -2.09. The molecule has 0 aliphatic carbocycles. The smallest absolute Gasteiger partial charge is 0.337 e. The molecule has 6 heteroatoms. The number of rotatable bonds is 5. The summed E-state index contributed by atoms with van der Waals surface area (Å²) < 4.78 is 4.67. The van der Waals surface area contributed by atoms with E-state index in [4.69, 9.17) is 5.11 Å². The maximum absolute atomic E-state index is 11.5. The summed E-state index contributed by atoms with van der Waals surface area (Å²) in [6.07, 6.45) is 1.62. The first-order valence-corrected chi connectivity index (χ1v) is 6.04. The number of carboxylic acids is 1. The van der Waals surface area contributed by atoms with Crippen LogP contribution in [0.5, 0.6) is 0 Å². The van der Waals surface area contributed by atoms with E-state index in [0.29, 0.717) is 17.9 Å². The van der Waals surface area contributed by atoms with E-state index in [0.717, 1.165) is 10.8 Å². The average molecular weight is 274 g/mol. The monoisotopic (exact) mass is 274 g/mol. The van der Waals surface area contributed by atoms with Gasteiger partial charge in [-0.3, -0.25) is 4.79 Å². The second-order valence-corrected chi connectivity index (χ2v) is 4.16. The van der Waals surface area contributed by atoms with E-state index in [-0.39, 0.29) is 6.42 Å². The topological polar surface area (TPSA) is 88.5 Å². The number of esters is 1. The summed E-state index contributed by atoms with van der Waals surface area (Å²) in [6.45, 7) is 0.292. The van der Waals surface area contributed by atoms with Gasteiger partial charge in [0, 0.05) is 18.1 Å². The number of hydrogen-bond acceptors (Lipinski definition) is 5. The second kappa shape index (κ2) is 6.01. The standard InChI is InChI=1S/C14H14N2O4/c1-20-14(19)10-2-3-11-9(8-10)4-6-15-13(11)16-7-5-12(17)18/h2-4,6,8H,5,7H2,1H3,(H,15,16)(H,17,18). The summed E-state index contributed by atoms with van der Waals surface area (Å²) in [5, 5.41) is 13.2. The first-order valence-electron chi connectivity index (χ1n) is 6.04. The zero-order chi connectivity index (χ0) is 14.5. The van der Waals surface area contributed by atoms with Crippen LogP contribution >= 0.6 is 0 Å². The van der Waals surface area contributed by atoms with E-state index in [9.17, 15) is 9.59 Å². The molecule has 104 valence electrons. The van der Waals surface area contributed by atoms with E-state index in [1.807, 2.05) is 0 Å². The van der Waals surface area contributed by atoms with E-state index in [1.165, 1.54) is 7.11 Å². The lowest BCUT2D eigenvalue weighted by molar-refractivity contribution is -0.136. The van der Waals surface area contributed by atoms with Crippen LogP contribution in [0, 0.1) is 0 Å². The molecule has 0 saturated carbocycles. The Bertz CT molecular complexity index is 655. The molecule has 0 fully saturated rings. The summed E-state index contributed by atoms with van der Waals surface area (Å²) in [5.41, 5.74) is 0.461. The molecule has 1 heterocycles. The van der Waals surface area contributed by atoms with Gasteiger partial charge in [0.15, 0.2) is 0 Å². The van der Waals surface area contributed by atoms with Crippen molar-refractivity contribution in [3.63, 3.8) is 0 Å². The predicted octanol–water partition coefficient (Wildman–Crippen LogP) is 1.91. The number of aromatic nitrogens is 1. The number of methoxy groups -OCH3 is 1. The molecule has 6 nitrogen and oxygen atoms in total. The van der Waals surface area contributed by atoms with E-state index >= 15 is 0 Å². The molecular formula is C14H14N2O4. The third kappa shape index (κ3) is 3.03. The minimum atomic E-state index is -0.870. The molecule has 1 aromatic carbocycles. The van der Waals surface area contributed by atoms with Crippen molar-refractivity contribution in [3.05, 3.63) is 36.0 Å². The molecule has 0 saturated heterocycles. The number of pyridine rings is 1. The molecule has 0 radical (unpaired) electrons. The van der Waals surface area contributed by atoms with Gasteiger partial charge in [0.25, 0.3) is 0 Å².